The summed E-state index contributed by atoms with van der Waals surface area (Å²) in [6.07, 6.45) is 1.20. The summed E-state index contributed by atoms with van der Waals surface area (Å²) in [6, 6.07) is 5.28. The Kier molecular flexibility index (Phi) is 6.71. The number of nitrogens with zero attached hydrogens (tertiary/aromatic N) is 1. The molecule has 1 heterocycles. The van der Waals surface area contributed by atoms with Gasteiger partial charge in [0.2, 0.25) is 10.0 Å². The molecule has 1 fully saturated rings. The molecule has 1 aromatic rings. The van der Waals surface area contributed by atoms with Crippen LogP contribution in [0.2, 0.25) is 0 Å². The summed E-state index contributed by atoms with van der Waals surface area (Å²) in [4.78, 5) is 24.6. The summed E-state index contributed by atoms with van der Waals surface area (Å²) in [5.41, 5.74) is 0.410. The molecule has 1 N–H and O–H groups in total. The van der Waals surface area contributed by atoms with E-state index >= 15 is 0 Å². The standard InChI is InChI=1S/C17H23FN2O5S/c1-3-15(16(21)19-14-6-4-13(18)5-7-14)25-17(22)12-8-10-20(11-9-12)26(2,23)24/h4-7,12,15H,3,8-11H2,1-2H3,(H,19,21). The van der Waals surface area contributed by atoms with Gasteiger partial charge in [-0.1, -0.05) is 6.92 Å². The van der Waals surface area contributed by atoms with Crippen molar-refractivity contribution in [2.24, 2.45) is 5.92 Å². The Morgan fingerprint density at radius 3 is 2.35 bits per heavy atom. The van der Waals surface area contributed by atoms with E-state index in [0.29, 0.717) is 24.9 Å². The van der Waals surface area contributed by atoms with Crippen molar-refractivity contribution in [3.8, 4) is 0 Å². The molecule has 0 radical (unpaired) electrons. The topological polar surface area (TPSA) is 92.8 Å². The average molecular weight is 386 g/mol. The van der Waals surface area contributed by atoms with Gasteiger partial charge in [-0.05, 0) is 43.5 Å². The minimum Gasteiger partial charge on any atom is -0.452 e. The van der Waals surface area contributed by atoms with Crippen LogP contribution in [0.4, 0.5) is 10.1 Å². The Labute approximate surface area is 152 Å². The van der Waals surface area contributed by atoms with Crippen molar-refractivity contribution in [1.82, 2.24) is 4.31 Å². The van der Waals surface area contributed by atoms with E-state index in [9.17, 15) is 22.4 Å². The number of hydrogen-bond donors (Lipinski definition) is 1. The molecular weight excluding hydrogens is 363 g/mol. The minimum atomic E-state index is -3.26. The second-order valence-electron chi connectivity index (χ2n) is 6.27. The number of hydrogen-bond acceptors (Lipinski definition) is 5. The lowest BCUT2D eigenvalue weighted by molar-refractivity contribution is -0.159. The highest BCUT2D eigenvalue weighted by molar-refractivity contribution is 7.88. The van der Waals surface area contributed by atoms with Crippen molar-refractivity contribution >= 4 is 27.6 Å². The number of carbonyl (C=O) groups excluding carboxylic acids is 2. The summed E-state index contributed by atoms with van der Waals surface area (Å²) in [5.74, 6) is -1.83. The first kappa shape index (κ1) is 20.3. The zero-order chi connectivity index (χ0) is 19.3. The third-order valence-corrected chi connectivity index (χ3v) is 5.59. The first-order valence-corrected chi connectivity index (χ1v) is 10.3. The Balaban J connectivity index is 1.89. The van der Waals surface area contributed by atoms with E-state index in [2.05, 4.69) is 5.32 Å². The number of nitrogens with one attached hydrogen (secondary N) is 1. The Morgan fingerprint density at radius 1 is 1.27 bits per heavy atom. The first-order chi connectivity index (χ1) is 12.2. The number of halogens is 1. The van der Waals surface area contributed by atoms with Gasteiger partial charge in [0.15, 0.2) is 6.10 Å². The fourth-order valence-corrected chi connectivity index (χ4v) is 3.61. The normalized spacial score (nSPS) is 17.5. The largest absolute Gasteiger partial charge is 0.452 e. The molecule has 1 amide bonds. The van der Waals surface area contributed by atoms with E-state index < -0.39 is 39.7 Å². The molecule has 1 unspecified atom stereocenters. The molecule has 1 atom stereocenters. The maximum Gasteiger partial charge on any atom is 0.309 e. The van der Waals surface area contributed by atoms with Crippen LogP contribution in [0.1, 0.15) is 26.2 Å². The van der Waals surface area contributed by atoms with Crippen molar-refractivity contribution in [2.45, 2.75) is 32.3 Å². The maximum absolute atomic E-state index is 12.9. The molecule has 0 aliphatic carbocycles. The molecule has 1 aliphatic rings. The van der Waals surface area contributed by atoms with Crippen LogP contribution in [-0.4, -0.2) is 50.0 Å². The fraction of sp³-hybridized carbons (Fsp3) is 0.529. The van der Waals surface area contributed by atoms with Gasteiger partial charge in [0.1, 0.15) is 5.82 Å². The predicted octanol–water partition coefficient (Wildman–Crippen LogP) is 1.76. The third kappa shape index (κ3) is 5.50. The molecule has 1 saturated heterocycles. The average Bonchev–Trinajstić information content (AvgIpc) is 2.60. The smallest absolute Gasteiger partial charge is 0.309 e. The molecular formula is C17H23FN2O5S. The number of piperidine rings is 1. The molecule has 26 heavy (non-hydrogen) atoms. The van der Waals surface area contributed by atoms with E-state index in [1.165, 1.54) is 28.6 Å². The third-order valence-electron chi connectivity index (χ3n) is 4.29. The number of rotatable bonds is 6. The lowest BCUT2D eigenvalue weighted by Crippen LogP contribution is -2.41. The number of benzene rings is 1. The Morgan fingerprint density at radius 2 is 1.85 bits per heavy atom. The number of amides is 1. The van der Waals surface area contributed by atoms with Gasteiger partial charge in [0, 0.05) is 18.8 Å². The van der Waals surface area contributed by atoms with Gasteiger partial charge in [0.25, 0.3) is 5.91 Å². The zero-order valence-corrected chi connectivity index (χ0v) is 15.6. The molecule has 0 bridgehead atoms. The molecule has 144 valence electrons. The van der Waals surface area contributed by atoms with Gasteiger partial charge in [-0.25, -0.2) is 17.1 Å². The molecule has 1 aliphatic heterocycles. The quantitative estimate of drug-likeness (QED) is 0.752. The van der Waals surface area contributed by atoms with Crippen LogP contribution in [0.25, 0.3) is 0 Å². The van der Waals surface area contributed by atoms with Gasteiger partial charge in [-0.2, -0.15) is 0 Å². The number of sulfonamides is 1. The Bertz CT molecular complexity index is 743. The van der Waals surface area contributed by atoms with Crippen molar-refractivity contribution in [3.63, 3.8) is 0 Å². The van der Waals surface area contributed by atoms with Crippen molar-refractivity contribution in [2.75, 3.05) is 24.7 Å². The fourth-order valence-electron chi connectivity index (χ4n) is 2.74. The number of ether oxygens (including phenoxy) is 1. The maximum atomic E-state index is 12.9. The molecule has 2 rings (SSSR count). The zero-order valence-electron chi connectivity index (χ0n) is 14.8. The highest BCUT2D eigenvalue weighted by Crippen LogP contribution is 2.21. The summed E-state index contributed by atoms with van der Waals surface area (Å²) >= 11 is 0. The monoisotopic (exact) mass is 386 g/mol. The van der Waals surface area contributed by atoms with Gasteiger partial charge in [-0.15, -0.1) is 0 Å². The number of anilines is 1. The van der Waals surface area contributed by atoms with Crippen molar-refractivity contribution in [3.05, 3.63) is 30.1 Å². The van der Waals surface area contributed by atoms with Crippen molar-refractivity contribution < 1.29 is 27.1 Å². The number of carbonyl (C=O) groups is 2. The highest BCUT2D eigenvalue weighted by Gasteiger charge is 2.32. The lowest BCUT2D eigenvalue weighted by Gasteiger charge is -2.29. The molecule has 0 aromatic heterocycles. The van der Waals surface area contributed by atoms with Crippen LogP contribution in [0.3, 0.4) is 0 Å². The molecule has 7 nitrogen and oxygen atoms in total. The van der Waals surface area contributed by atoms with Crippen LogP contribution >= 0.6 is 0 Å². The second-order valence-corrected chi connectivity index (χ2v) is 8.25. The van der Waals surface area contributed by atoms with Crippen LogP contribution in [-0.2, 0) is 24.3 Å². The first-order valence-electron chi connectivity index (χ1n) is 8.42. The van der Waals surface area contributed by atoms with Gasteiger partial charge < -0.3 is 10.1 Å². The van der Waals surface area contributed by atoms with E-state index in [1.807, 2.05) is 0 Å². The van der Waals surface area contributed by atoms with Gasteiger partial charge in [-0.3, -0.25) is 9.59 Å². The Hall–Kier alpha value is -2.00. The van der Waals surface area contributed by atoms with E-state index in [-0.39, 0.29) is 13.1 Å². The molecule has 9 heteroatoms. The van der Waals surface area contributed by atoms with Crippen LogP contribution < -0.4 is 5.32 Å². The minimum absolute atomic E-state index is 0.261. The summed E-state index contributed by atoms with van der Waals surface area (Å²) in [6.45, 7) is 2.24. The molecule has 0 spiro atoms. The van der Waals surface area contributed by atoms with Gasteiger partial charge >= 0.3 is 5.97 Å². The SMILES string of the molecule is CCC(OC(=O)C1CCN(S(C)(=O)=O)CC1)C(=O)Nc1ccc(F)cc1. The highest BCUT2D eigenvalue weighted by atomic mass is 32.2. The number of esters is 1. The predicted molar refractivity (Wildman–Crippen MR) is 94.3 cm³/mol. The van der Waals surface area contributed by atoms with Gasteiger partial charge in [0.05, 0.1) is 12.2 Å². The van der Waals surface area contributed by atoms with E-state index in [0.717, 1.165) is 6.26 Å². The molecule has 1 aromatic carbocycles. The summed E-state index contributed by atoms with van der Waals surface area (Å²) < 4.78 is 42.6. The van der Waals surface area contributed by atoms with Crippen LogP contribution in [0, 0.1) is 11.7 Å². The van der Waals surface area contributed by atoms with Crippen molar-refractivity contribution in [1.29, 1.82) is 0 Å². The molecule has 0 saturated carbocycles. The summed E-state index contributed by atoms with van der Waals surface area (Å²) in [7, 11) is -3.26. The van der Waals surface area contributed by atoms with E-state index in [1.54, 1.807) is 6.92 Å². The summed E-state index contributed by atoms with van der Waals surface area (Å²) in [5, 5.41) is 2.59. The second kappa shape index (κ2) is 8.59. The lowest BCUT2D eigenvalue weighted by atomic mass is 9.98. The van der Waals surface area contributed by atoms with E-state index in [4.69, 9.17) is 4.74 Å². The van der Waals surface area contributed by atoms with Crippen LogP contribution in [0.5, 0.6) is 0 Å². The van der Waals surface area contributed by atoms with Crippen LogP contribution in [0.15, 0.2) is 24.3 Å².